The number of nitrogens with one attached hydrogen (secondary N) is 1. The molecular formula is C13H13BrN2. The largest absolute Gasteiger partial charge is 0.383 e. The number of nitrogens with zero attached hydrogens (tertiary/aromatic N) is 1. The van der Waals surface area contributed by atoms with Crippen LogP contribution in [0.2, 0.25) is 0 Å². The van der Waals surface area contributed by atoms with Gasteiger partial charge in [0.1, 0.15) is 4.60 Å². The molecule has 0 aliphatic carbocycles. The zero-order valence-corrected chi connectivity index (χ0v) is 10.4. The summed E-state index contributed by atoms with van der Waals surface area (Å²) in [5.41, 5.74) is 2.38. The van der Waals surface area contributed by atoms with Crippen molar-refractivity contribution in [3.63, 3.8) is 0 Å². The molecule has 0 saturated carbocycles. The van der Waals surface area contributed by atoms with Gasteiger partial charge in [-0.1, -0.05) is 30.3 Å². The molecule has 0 spiro atoms. The molecule has 3 heteroatoms. The molecular weight excluding hydrogens is 264 g/mol. The van der Waals surface area contributed by atoms with Crippen molar-refractivity contribution in [2.75, 3.05) is 11.9 Å². The number of benzene rings is 1. The van der Waals surface area contributed by atoms with E-state index in [0.29, 0.717) is 0 Å². The smallest absolute Gasteiger partial charge is 0.129 e. The first-order valence-corrected chi connectivity index (χ1v) is 6.04. The first kappa shape index (κ1) is 11.1. The fourth-order valence-electron chi connectivity index (χ4n) is 1.50. The molecule has 16 heavy (non-hydrogen) atoms. The summed E-state index contributed by atoms with van der Waals surface area (Å²) < 4.78 is 0.864. The van der Waals surface area contributed by atoms with E-state index in [1.807, 2.05) is 18.2 Å². The Kier molecular flexibility index (Phi) is 3.94. The fourth-order valence-corrected chi connectivity index (χ4v) is 1.89. The first-order chi connectivity index (χ1) is 7.86. The number of halogens is 1. The van der Waals surface area contributed by atoms with Crippen LogP contribution >= 0.6 is 15.9 Å². The van der Waals surface area contributed by atoms with E-state index in [0.717, 1.165) is 23.3 Å². The lowest BCUT2D eigenvalue weighted by Crippen LogP contribution is -2.05. The topological polar surface area (TPSA) is 24.9 Å². The molecule has 0 saturated heterocycles. The highest BCUT2D eigenvalue weighted by atomic mass is 79.9. The Morgan fingerprint density at radius 1 is 1.06 bits per heavy atom. The van der Waals surface area contributed by atoms with Gasteiger partial charge in [-0.3, -0.25) is 0 Å². The number of anilines is 1. The van der Waals surface area contributed by atoms with Gasteiger partial charge in [-0.25, -0.2) is 4.98 Å². The van der Waals surface area contributed by atoms with Crippen LogP contribution in [0.3, 0.4) is 0 Å². The normalized spacial score (nSPS) is 10.1. The Labute approximate surface area is 104 Å². The quantitative estimate of drug-likeness (QED) is 0.865. The molecule has 0 fully saturated rings. The molecule has 1 aromatic heterocycles. The van der Waals surface area contributed by atoms with Crippen LogP contribution in [0, 0.1) is 0 Å². The van der Waals surface area contributed by atoms with Crippen LogP contribution < -0.4 is 5.32 Å². The van der Waals surface area contributed by atoms with Crippen LogP contribution in [0.5, 0.6) is 0 Å². The van der Waals surface area contributed by atoms with Gasteiger partial charge >= 0.3 is 0 Å². The molecule has 0 aliphatic heterocycles. The van der Waals surface area contributed by atoms with Crippen LogP contribution in [-0.4, -0.2) is 11.5 Å². The van der Waals surface area contributed by atoms with Crippen LogP contribution in [-0.2, 0) is 6.42 Å². The highest BCUT2D eigenvalue weighted by Crippen LogP contribution is 2.17. The second-order valence-electron chi connectivity index (χ2n) is 3.50. The van der Waals surface area contributed by atoms with Gasteiger partial charge in [0, 0.05) is 12.7 Å². The van der Waals surface area contributed by atoms with E-state index in [2.05, 4.69) is 50.5 Å². The molecule has 0 bridgehead atoms. The Morgan fingerprint density at radius 3 is 2.62 bits per heavy atom. The first-order valence-electron chi connectivity index (χ1n) is 5.24. The van der Waals surface area contributed by atoms with E-state index >= 15 is 0 Å². The zero-order chi connectivity index (χ0) is 11.2. The summed E-state index contributed by atoms with van der Waals surface area (Å²) in [4.78, 5) is 4.16. The Morgan fingerprint density at radius 2 is 1.88 bits per heavy atom. The average molecular weight is 277 g/mol. The van der Waals surface area contributed by atoms with Gasteiger partial charge in [0.2, 0.25) is 0 Å². The van der Waals surface area contributed by atoms with Gasteiger partial charge in [-0.2, -0.15) is 0 Å². The number of rotatable bonds is 4. The van der Waals surface area contributed by atoms with Crippen LogP contribution in [0.1, 0.15) is 5.56 Å². The van der Waals surface area contributed by atoms with Gasteiger partial charge in [-0.15, -0.1) is 0 Å². The third-order valence-corrected chi connectivity index (χ3v) is 2.96. The standard InChI is InChI=1S/C13H13BrN2/c14-13-12(7-4-9-16-13)15-10-8-11-5-2-1-3-6-11/h1-7,9,15H,8,10H2. The third kappa shape index (κ3) is 3.07. The van der Waals surface area contributed by atoms with E-state index in [-0.39, 0.29) is 0 Å². The molecule has 0 radical (unpaired) electrons. The van der Waals surface area contributed by atoms with Crippen molar-refractivity contribution in [1.29, 1.82) is 0 Å². The molecule has 0 amide bonds. The van der Waals surface area contributed by atoms with Gasteiger partial charge < -0.3 is 5.32 Å². The highest BCUT2D eigenvalue weighted by molar-refractivity contribution is 9.10. The van der Waals surface area contributed by atoms with E-state index in [4.69, 9.17) is 0 Å². The van der Waals surface area contributed by atoms with E-state index in [9.17, 15) is 0 Å². The molecule has 1 aromatic carbocycles. The van der Waals surface area contributed by atoms with E-state index in [1.54, 1.807) is 6.20 Å². The summed E-state index contributed by atoms with van der Waals surface area (Å²) in [6.07, 6.45) is 2.79. The van der Waals surface area contributed by atoms with Crippen molar-refractivity contribution < 1.29 is 0 Å². The maximum absolute atomic E-state index is 4.16. The summed E-state index contributed by atoms with van der Waals surface area (Å²) >= 11 is 3.41. The lowest BCUT2D eigenvalue weighted by Gasteiger charge is -2.07. The van der Waals surface area contributed by atoms with Crippen LogP contribution in [0.4, 0.5) is 5.69 Å². The second-order valence-corrected chi connectivity index (χ2v) is 4.26. The average Bonchev–Trinajstić information content (AvgIpc) is 2.33. The van der Waals surface area contributed by atoms with Crippen molar-refractivity contribution in [3.8, 4) is 0 Å². The zero-order valence-electron chi connectivity index (χ0n) is 8.86. The summed E-state index contributed by atoms with van der Waals surface area (Å²) in [6.45, 7) is 0.911. The number of pyridine rings is 1. The minimum Gasteiger partial charge on any atom is -0.383 e. The summed E-state index contributed by atoms with van der Waals surface area (Å²) in [7, 11) is 0. The maximum Gasteiger partial charge on any atom is 0.129 e. The number of aromatic nitrogens is 1. The SMILES string of the molecule is Brc1ncccc1NCCc1ccccc1. The minimum atomic E-state index is 0.864. The highest BCUT2D eigenvalue weighted by Gasteiger charge is 1.98. The van der Waals surface area contributed by atoms with Gasteiger partial charge in [0.25, 0.3) is 0 Å². The monoisotopic (exact) mass is 276 g/mol. The van der Waals surface area contributed by atoms with E-state index < -0.39 is 0 Å². The lowest BCUT2D eigenvalue weighted by atomic mass is 10.1. The Bertz CT molecular complexity index is 443. The Hall–Kier alpha value is -1.35. The third-order valence-electron chi connectivity index (χ3n) is 2.33. The Balaban J connectivity index is 1.87. The lowest BCUT2D eigenvalue weighted by molar-refractivity contribution is 1.01. The molecule has 2 rings (SSSR count). The van der Waals surface area contributed by atoms with Crippen LogP contribution in [0.15, 0.2) is 53.3 Å². The molecule has 0 unspecified atom stereocenters. The molecule has 2 nitrogen and oxygen atoms in total. The predicted octanol–water partition coefficient (Wildman–Crippen LogP) is 3.50. The van der Waals surface area contributed by atoms with Crippen LogP contribution in [0.25, 0.3) is 0 Å². The van der Waals surface area contributed by atoms with Gasteiger partial charge in [-0.05, 0) is 40.0 Å². The van der Waals surface area contributed by atoms with Gasteiger partial charge in [0.15, 0.2) is 0 Å². The number of hydrogen-bond acceptors (Lipinski definition) is 2. The minimum absolute atomic E-state index is 0.864. The van der Waals surface area contributed by atoms with E-state index in [1.165, 1.54) is 5.56 Å². The molecule has 1 N–H and O–H groups in total. The molecule has 82 valence electrons. The fraction of sp³-hybridized carbons (Fsp3) is 0.154. The van der Waals surface area contributed by atoms with Crippen molar-refractivity contribution in [2.45, 2.75) is 6.42 Å². The summed E-state index contributed by atoms with van der Waals surface area (Å²) in [5.74, 6) is 0. The molecule has 1 heterocycles. The molecule has 2 aromatic rings. The summed E-state index contributed by atoms with van der Waals surface area (Å²) in [5, 5.41) is 3.35. The second kappa shape index (κ2) is 5.66. The summed E-state index contributed by atoms with van der Waals surface area (Å²) in [6, 6.07) is 14.4. The predicted molar refractivity (Wildman–Crippen MR) is 70.6 cm³/mol. The number of hydrogen-bond donors (Lipinski definition) is 1. The molecule has 0 atom stereocenters. The molecule has 0 aliphatic rings. The van der Waals surface area contributed by atoms with Gasteiger partial charge in [0.05, 0.1) is 5.69 Å². The van der Waals surface area contributed by atoms with Crippen molar-refractivity contribution in [2.24, 2.45) is 0 Å². The van der Waals surface area contributed by atoms with Crippen molar-refractivity contribution in [1.82, 2.24) is 4.98 Å². The van der Waals surface area contributed by atoms with Crippen molar-refractivity contribution in [3.05, 3.63) is 58.8 Å². The van der Waals surface area contributed by atoms with Crippen molar-refractivity contribution >= 4 is 21.6 Å². The maximum atomic E-state index is 4.16.